The zero-order chi connectivity index (χ0) is 23.3. The van der Waals surface area contributed by atoms with E-state index < -0.39 is 30.2 Å². The summed E-state index contributed by atoms with van der Waals surface area (Å²) in [6.45, 7) is 1.63. The molecule has 0 radical (unpaired) electrons. The summed E-state index contributed by atoms with van der Waals surface area (Å²) in [6, 6.07) is 10.3. The number of ether oxygens (including phenoxy) is 1. The Bertz CT molecular complexity index is 1190. The molecule has 0 saturated heterocycles. The van der Waals surface area contributed by atoms with E-state index in [1.54, 1.807) is 24.3 Å². The normalized spacial score (nSPS) is 11.2. The summed E-state index contributed by atoms with van der Waals surface area (Å²) in [7, 11) is 0. The van der Waals surface area contributed by atoms with Crippen LogP contribution >= 0.6 is 0 Å². The fraction of sp³-hybridized carbons (Fsp3) is 0.238. The van der Waals surface area contributed by atoms with E-state index in [0.29, 0.717) is 23.7 Å². The number of amides is 2. The van der Waals surface area contributed by atoms with E-state index in [0.717, 1.165) is 24.3 Å². The summed E-state index contributed by atoms with van der Waals surface area (Å²) in [6.07, 6.45) is -3.84. The van der Waals surface area contributed by atoms with Crippen LogP contribution in [0.25, 0.3) is 10.8 Å². The van der Waals surface area contributed by atoms with Gasteiger partial charge in [-0.25, -0.2) is 4.68 Å². The number of carbonyl (C=O) groups is 2. The summed E-state index contributed by atoms with van der Waals surface area (Å²) in [5, 5.41) is 4.76. The number of hydrogen-bond acceptors (Lipinski definition) is 5. The van der Waals surface area contributed by atoms with Gasteiger partial charge in [-0.05, 0) is 36.8 Å². The van der Waals surface area contributed by atoms with Crippen molar-refractivity contribution in [3.05, 3.63) is 70.1 Å². The standard InChI is InChI=1S/C21H19F3N4O4/c1-2-11-28-20(31)16-6-4-3-5-15(16)18(27-28)19(30)26-25-17(29)12-32-14-9-7-13(8-10-14)21(22,23)24/h3-10H,2,11-12H2,1H3,(H,25,29)(H,26,30). The number of halogens is 3. The molecule has 3 rings (SSSR count). The predicted molar refractivity (Wildman–Crippen MR) is 109 cm³/mol. The van der Waals surface area contributed by atoms with Crippen molar-refractivity contribution >= 4 is 22.6 Å². The average molecular weight is 448 g/mol. The molecule has 1 aromatic heterocycles. The van der Waals surface area contributed by atoms with Gasteiger partial charge in [-0.15, -0.1) is 0 Å². The number of nitrogens with zero attached hydrogens (tertiary/aromatic N) is 2. The third-order valence-electron chi connectivity index (χ3n) is 4.39. The minimum Gasteiger partial charge on any atom is -0.484 e. The Morgan fingerprint density at radius 3 is 2.31 bits per heavy atom. The summed E-state index contributed by atoms with van der Waals surface area (Å²) in [4.78, 5) is 37.0. The second-order valence-corrected chi connectivity index (χ2v) is 6.74. The lowest BCUT2D eigenvalue weighted by Crippen LogP contribution is -2.44. The highest BCUT2D eigenvalue weighted by Crippen LogP contribution is 2.30. The molecule has 0 unspecified atom stereocenters. The largest absolute Gasteiger partial charge is 0.484 e. The van der Waals surface area contributed by atoms with Gasteiger partial charge < -0.3 is 4.74 Å². The van der Waals surface area contributed by atoms with E-state index >= 15 is 0 Å². The van der Waals surface area contributed by atoms with Crippen molar-refractivity contribution in [2.45, 2.75) is 26.1 Å². The first-order valence-corrected chi connectivity index (χ1v) is 9.59. The van der Waals surface area contributed by atoms with Gasteiger partial charge in [0.25, 0.3) is 17.4 Å². The second-order valence-electron chi connectivity index (χ2n) is 6.74. The number of benzene rings is 2. The minimum absolute atomic E-state index is 0.0439. The van der Waals surface area contributed by atoms with Crippen LogP contribution in [0, 0.1) is 0 Å². The first-order chi connectivity index (χ1) is 15.2. The van der Waals surface area contributed by atoms with Crippen LogP contribution in [0.4, 0.5) is 13.2 Å². The van der Waals surface area contributed by atoms with E-state index in [9.17, 15) is 27.6 Å². The molecule has 0 fully saturated rings. The third-order valence-corrected chi connectivity index (χ3v) is 4.39. The average Bonchev–Trinajstić information content (AvgIpc) is 2.77. The Labute approximate surface area is 180 Å². The van der Waals surface area contributed by atoms with Crippen molar-refractivity contribution in [2.75, 3.05) is 6.61 Å². The van der Waals surface area contributed by atoms with E-state index in [4.69, 9.17) is 4.74 Å². The van der Waals surface area contributed by atoms with Crippen LogP contribution in [0.5, 0.6) is 5.75 Å². The number of carbonyl (C=O) groups excluding carboxylic acids is 2. The molecule has 2 N–H and O–H groups in total. The number of hydrogen-bond donors (Lipinski definition) is 2. The Morgan fingerprint density at radius 2 is 1.69 bits per heavy atom. The maximum Gasteiger partial charge on any atom is 0.416 e. The summed E-state index contributed by atoms with van der Waals surface area (Å²) >= 11 is 0. The van der Waals surface area contributed by atoms with Gasteiger partial charge in [0.05, 0.1) is 10.9 Å². The van der Waals surface area contributed by atoms with Crippen molar-refractivity contribution < 1.29 is 27.5 Å². The molecular formula is C21H19F3N4O4. The Hall–Kier alpha value is -3.89. The zero-order valence-electron chi connectivity index (χ0n) is 16.9. The molecule has 3 aromatic rings. The van der Waals surface area contributed by atoms with Crippen molar-refractivity contribution in [2.24, 2.45) is 0 Å². The fourth-order valence-corrected chi connectivity index (χ4v) is 2.88. The van der Waals surface area contributed by atoms with Gasteiger partial charge in [0.15, 0.2) is 12.3 Å². The Morgan fingerprint density at radius 1 is 1.03 bits per heavy atom. The molecule has 0 aliphatic carbocycles. The first kappa shape index (κ1) is 22.8. The monoisotopic (exact) mass is 448 g/mol. The minimum atomic E-state index is -4.47. The van der Waals surface area contributed by atoms with Gasteiger partial charge in [0, 0.05) is 11.9 Å². The highest BCUT2D eigenvalue weighted by molar-refractivity contribution is 6.05. The van der Waals surface area contributed by atoms with Crippen LogP contribution in [0.15, 0.2) is 53.3 Å². The van der Waals surface area contributed by atoms with Crippen molar-refractivity contribution in [1.82, 2.24) is 20.6 Å². The highest BCUT2D eigenvalue weighted by Gasteiger charge is 2.30. The second kappa shape index (κ2) is 9.50. The van der Waals surface area contributed by atoms with Crippen LogP contribution in [0.1, 0.15) is 29.4 Å². The SMILES string of the molecule is CCCn1nc(C(=O)NNC(=O)COc2ccc(C(F)(F)F)cc2)c2ccccc2c1=O. The molecule has 2 amide bonds. The van der Waals surface area contributed by atoms with Crippen LogP contribution in [0.2, 0.25) is 0 Å². The molecular weight excluding hydrogens is 429 g/mol. The Kier molecular flexibility index (Phi) is 6.76. The van der Waals surface area contributed by atoms with Gasteiger partial charge in [0.2, 0.25) is 0 Å². The van der Waals surface area contributed by atoms with E-state index in [2.05, 4.69) is 16.0 Å². The number of alkyl halides is 3. The summed E-state index contributed by atoms with van der Waals surface area (Å²) in [5.74, 6) is -1.43. The van der Waals surface area contributed by atoms with Crippen LogP contribution in [-0.2, 0) is 17.5 Å². The molecule has 0 aliphatic rings. The molecule has 8 nitrogen and oxygen atoms in total. The number of aromatic nitrogens is 2. The number of aryl methyl sites for hydroxylation is 1. The lowest BCUT2D eigenvalue weighted by Gasteiger charge is -2.12. The summed E-state index contributed by atoms with van der Waals surface area (Å²) in [5.41, 5.74) is 3.13. The Balaban J connectivity index is 1.64. The van der Waals surface area contributed by atoms with Crippen LogP contribution < -0.4 is 21.1 Å². The molecule has 11 heteroatoms. The maximum absolute atomic E-state index is 12.6. The lowest BCUT2D eigenvalue weighted by atomic mass is 10.1. The van der Waals surface area contributed by atoms with Gasteiger partial charge in [-0.2, -0.15) is 18.3 Å². The van der Waals surface area contributed by atoms with Crippen LogP contribution in [0.3, 0.4) is 0 Å². The van der Waals surface area contributed by atoms with E-state index in [1.807, 2.05) is 6.92 Å². The predicted octanol–water partition coefficient (Wildman–Crippen LogP) is 2.67. The molecule has 0 aliphatic heterocycles. The number of nitrogens with one attached hydrogen (secondary N) is 2. The zero-order valence-corrected chi connectivity index (χ0v) is 16.9. The van der Waals surface area contributed by atoms with Gasteiger partial charge in [-0.1, -0.05) is 25.1 Å². The number of hydrazine groups is 1. The molecule has 0 saturated carbocycles. The third kappa shape index (κ3) is 5.23. The van der Waals surface area contributed by atoms with Crippen LogP contribution in [-0.4, -0.2) is 28.2 Å². The number of rotatable bonds is 6. The fourth-order valence-electron chi connectivity index (χ4n) is 2.88. The van der Waals surface area contributed by atoms with Gasteiger partial charge >= 0.3 is 6.18 Å². The lowest BCUT2D eigenvalue weighted by molar-refractivity contribution is -0.137. The molecule has 32 heavy (non-hydrogen) atoms. The molecule has 0 bridgehead atoms. The van der Waals surface area contributed by atoms with Crippen molar-refractivity contribution in [1.29, 1.82) is 0 Å². The maximum atomic E-state index is 12.6. The van der Waals surface area contributed by atoms with Gasteiger partial charge in [-0.3, -0.25) is 25.2 Å². The van der Waals surface area contributed by atoms with E-state index in [1.165, 1.54) is 4.68 Å². The van der Waals surface area contributed by atoms with E-state index in [-0.39, 0.29) is 17.0 Å². The molecule has 2 aromatic carbocycles. The smallest absolute Gasteiger partial charge is 0.416 e. The van der Waals surface area contributed by atoms with Crippen molar-refractivity contribution in [3.63, 3.8) is 0 Å². The quantitative estimate of drug-likeness (QED) is 0.565. The topological polar surface area (TPSA) is 102 Å². The number of fused-ring (bicyclic) bond motifs is 1. The molecule has 1 heterocycles. The van der Waals surface area contributed by atoms with Crippen molar-refractivity contribution in [3.8, 4) is 5.75 Å². The summed E-state index contributed by atoms with van der Waals surface area (Å²) < 4.78 is 44.0. The first-order valence-electron chi connectivity index (χ1n) is 9.59. The molecule has 168 valence electrons. The van der Waals surface area contributed by atoms with Gasteiger partial charge in [0.1, 0.15) is 5.75 Å². The molecule has 0 spiro atoms. The molecule has 0 atom stereocenters. The highest BCUT2D eigenvalue weighted by atomic mass is 19.4.